The molecule has 0 heterocycles. The minimum atomic E-state index is -0.0185. The van der Waals surface area contributed by atoms with E-state index in [9.17, 15) is 4.21 Å². The maximum atomic E-state index is 9.47. The number of nitrogens with two attached hydrogens (primary N) is 2. The number of hydrogen-bond acceptors (Lipinski definition) is 2. The van der Waals surface area contributed by atoms with Crippen molar-refractivity contribution in [3.63, 3.8) is 0 Å². The highest BCUT2D eigenvalue weighted by molar-refractivity contribution is 7.66. The second-order valence-corrected chi connectivity index (χ2v) is 1.20. The van der Waals surface area contributed by atoms with Crippen LogP contribution in [0.2, 0.25) is 0 Å². The first-order chi connectivity index (χ1) is 2.81. The van der Waals surface area contributed by atoms with Gasteiger partial charge in [-0.15, -0.1) is 0 Å². The molecule has 0 aromatic carbocycles. The summed E-state index contributed by atoms with van der Waals surface area (Å²) in [5.74, 6) is 4.65. The third kappa shape index (κ3) is 2.04. The Kier molecular flexibility index (Phi) is 2.87. The summed E-state index contributed by atoms with van der Waals surface area (Å²) >= 11 is 0.133. The highest BCUT2D eigenvalue weighted by Gasteiger charge is 1.73. The van der Waals surface area contributed by atoms with Crippen LogP contribution in [0.3, 0.4) is 0 Å². The van der Waals surface area contributed by atoms with Crippen LogP contribution >= 0.6 is 0 Å². The maximum Gasteiger partial charge on any atom is 0.165 e. The Balaban J connectivity index is 3.52. The van der Waals surface area contributed by atoms with Crippen LogP contribution in [0.5, 0.6) is 0 Å². The van der Waals surface area contributed by atoms with Crippen LogP contribution in [-0.2, 0) is 11.3 Å². The van der Waals surface area contributed by atoms with Crippen molar-refractivity contribution in [3.8, 4) is 0 Å². The van der Waals surface area contributed by atoms with E-state index in [1.807, 2.05) is 5.43 Å². The fraction of sp³-hybridized carbons (Fsp3) is 0. The molecule has 0 saturated carbocycles. The first kappa shape index (κ1) is 5.77. The van der Waals surface area contributed by atoms with Gasteiger partial charge in [-0.25, -0.2) is 9.63 Å². The molecule has 0 fully saturated rings. The van der Waals surface area contributed by atoms with Crippen LogP contribution in [0.15, 0.2) is 0 Å². The Morgan fingerprint density at radius 2 is 2.33 bits per heavy atom. The van der Waals surface area contributed by atoms with Crippen molar-refractivity contribution in [1.82, 2.24) is 5.43 Å². The van der Waals surface area contributed by atoms with Gasteiger partial charge in [0, 0.05) is 0 Å². The summed E-state index contributed by atoms with van der Waals surface area (Å²) in [6, 6.07) is 0. The summed E-state index contributed by atoms with van der Waals surface area (Å²) in [7, 11) is 0. The topological polar surface area (TPSA) is 81.1 Å². The van der Waals surface area contributed by atoms with Crippen LogP contribution in [0, 0.1) is 0 Å². The third-order valence-corrected chi connectivity index (χ3v) is 0.529. The fourth-order valence-electron chi connectivity index (χ4n) is 0.0241. The van der Waals surface area contributed by atoms with Crippen molar-refractivity contribution in [2.24, 2.45) is 11.6 Å². The zero-order chi connectivity index (χ0) is 4.99. The number of rotatable bonds is 0. The Morgan fingerprint density at radius 1 is 1.83 bits per heavy atom. The molecule has 0 spiro atoms. The van der Waals surface area contributed by atoms with Gasteiger partial charge >= 0.3 is 0 Å². The molecule has 4 nitrogen and oxygen atoms in total. The monoisotopic (exact) mass is 107 g/mol. The molecule has 0 saturated heterocycles. The summed E-state index contributed by atoms with van der Waals surface area (Å²) in [4.78, 5) is 0. The molecule has 5 N–H and O–H groups in total. The van der Waals surface area contributed by atoms with Crippen molar-refractivity contribution in [1.29, 1.82) is 0 Å². The van der Waals surface area contributed by atoms with Crippen molar-refractivity contribution in [3.05, 3.63) is 0 Å². The van der Waals surface area contributed by atoms with Gasteiger partial charge in [-0.3, -0.25) is 11.6 Å². The molecule has 0 atom stereocenters. The molecule has 36 valence electrons. The molecular formula is CH5N3OS. The van der Waals surface area contributed by atoms with Crippen LogP contribution < -0.4 is 17.0 Å². The van der Waals surface area contributed by atoms with E-state index in [0.29, 0.717) is 0 Å². The lowest BCUT2D eigenvalue weighted by atomic mass is 11.2. The minimum absolute atomic E-state index is 0.0185. The fourth-order valence-corrected chi connectivity index (χ4v) is 0.0722. The molecule has 0 aliphatic rings. The molecule has 6 heavy (non-hydrogen) atoms. The van der Waals surface area contributed by atoms with Gasteiger partial charge in [0.2, 0.25) is 0 Å². The number of hydrazine groups is 1. The summed E-state index contributed by atoms with van der Waals surface area (Å²) < 4.78 is 9.47. The Labute approximate surface area is 38.5 Å². The molecule has 0 aromatic heterocycles. The molecule has 0 radical (unpaired) electrons. The first-order valence-electron chi connectivity index (χ1n) is 1.20. The van der Waals surface area contributed by atoms with E-state index in [-0.39, 0.29) is 16.4 Å². The quantitative estimate of drug-likeness (QED) is 0.185. The van der Waals surface area contributed by atoms with Gasteiger partial charge in [0.25, 0.3) is 0 Å². The Hall–Kier alpha value is -0.230. The van der Waals surface area contributed by atoms with Gasteiger partial charge in [-0.1, -0.05) is 0 Å². The molecule has 0 aliphatic carbocycles. The molecule has 0 rings (SSSR count). The predicted octanol–water partition coefficient (Wildman–Crippen LogP) is -2.29. The van der Waals surface area contributed by atoms with Gasteiger partial charge in [0.15, 0.2) is 5.11 Å². The lowest BCUT2D eigenvalue weighted by Crippen LogP contribution is -2.36. The van der Waals surface area contributed by atoms with Crippen molar-refractivity contribution in [2.75, 3.05) is 0 Å². The summed E-state index contributed by atoms with van der Waals surface area (Å²) in [6.07, 6.45) is 0. The van der Waals surface area contributed by atoms with Gasteiger partial charge in [0.1, 0.15) is 11.3 Å². The zero-order valence-electron chi connectivity index (χ0n) is 2.97. The molecule has 5 heteroatoms. The molecular weight excluding hydrogens is 102 g/mol. The Morgan fingerprint density at radius 3 is 2.33 bits per heavy atom. The minimum Gasteiger partial charge on any atom is -0.281 e. The van der Waals surface area contributed by atoms with E-state index < -0.39 is 0 Å². The van der Waals surface area contributed by atoms with E-state index in [1.165, 1.54) is 0 Å². The average molecular weight is 107 g/mol. The average Bonchev–Trinajstić information content (AvgIpc) is 1.65. The standard InChI is InChI=1S/CH5N3OS/c2-1(4-3)6-5/h4H,2-3H2. The molecule has 0 unspecified atom stereocenters. The first-order valence-corrected chi connectivity index (χ1v) is 1.94. The van der Waals surface area contributed by atoms with Crippen molar-refractivity contribution in [2.45, 2.75) is 0 Å². The lowest BCUT2D eigenvalue weighted by Gasteiger charge is -1.82. The third-order valence-electron chi connectivity index (χ3n) is 0.232. The molecule has 0 amide bonds. The van der Waals surface area contributed by atoms with Gasteiger partial charge in [0.05, 0.1) is 0 Å². The highest BCUT2D eigenvalue weighted by Crippen LogP contribution is 1.30. The van der Waals surface area contributed by atoms with E-state index in [4.69, 9.17) is 5.73 Å². The van der Waals surface area contributed by atoms with Crippen molar-refractivity contribution >= 4 is 16.4 Å². The lowest BCUT2D eigenvalue weighted by molar-refractivity contribution is 0.700. The largest absolute Gasteiger partial charge is 0.281 e. The van der Waals surface area contributed by atoms with E-state index in [2.05, 4.69) is 5.84 Å². The van der Waals surface area contributed by atoms with Gasteiger partial charge in [-0.2, -0.15) is 0 Å². The van der Waals surface area contributed by atoms with Crippen LogP contribution in [0.4, 0.5) is 0 Å². The van der Waals surface area contributed by atoms with Gasteiger partial charge < -0.3 is 0 Å². The summed E-state index contributed by atoms with van der Waals surface area (Å²) in [5, 5.41) is -0.0185. The van der Waals surface area contributed by atoms with Gasteiger partial charge in [-0.05, 0) is 0 Å². The molecule has 0 aliphatic heterocycles. The summed E-state index contributed by atoms with van der Waals surface area (Å²) in [5.41, 5.74) is 6.76. The van der Waals surface area contributed by atoms with Crippen LogP contribution in [-0.4, -0.2) is 9.32 Å². The van der Waals surface area contributed by atoms with Crippen LogP contribution in [0.1, 0.15) is 0 Å². The summed E-state index contributed by atoms with van der Waals surface area (Å²) in [6.45, 7) is 0. The highest BCUT2D eigenvalue weighted by atomic mass is 32.1. The molecule has 0 aromatic rings. The number of nitrogens with one attached hydrogen (secondary N) is 1. The SMILES string of the molecule is NNC(N)=S=O. The smallest absolute Gasteiger partial charge is 0.165 e. The van der Waals surface area contributed by atoms with Crippen LogP contribution in [0.25, 0.3) is 0 Å². The second kappa shape index (κ2) is 2.98. The molecule has 0 bridgehead atoms. The van der Waals surface area contributed by atoms with E-state index in [0.717, 1.165) is 0 Å². The second-order valence-electron chi connectivity index (χ2n) is 0.592. The van der Waals surface area contributed by atoms with Crippen molar-refractivity contribution < 1.29 is 4.21 Å². The Bertz CT molecular complexity index is 84.8. The van der Waals surface area contributed by atoms with E-state index >= 15 is 0 Å². The zero-order valence-corrected chi connectivity index (χ0v) is 3.79. The predicted molar refractivity (Wildman–Crippen MR) is 24.7 cm³/mol. The normalized spacial score (nSPS) is 7.67. The van der Waals surface area contributed by atoms with E-state index in [1.54, 1.807) is 0 Å². The number of hydrogen-bond donors (Lipinski definition) is 3. The maximum absolute atomic E-state index is 9.47.